The van der Waals surface area contributed by atoms with Crippen molar-refractivity contribution in [3.8, 4) is 0 Å². The molecule has 2 unspecified atom stereocenters. The highest BCUT2D eigenvalue weighted by atomic mass is 15.2. The zero-order valence-corrected chi connectivity index (χ0v) is 17.0. The van der Waals surface area contributed by atoms with Crippen LogP contribution in [0.4, 0.5) is 0 Å². The number of hydrogen-bond donors (Lipinski definition) is 0. The van der Waals surface area contributed by atoms with Gasteiger partial charge in [0.15, 0.2) is 0 Å². The van der Waals surface area contributed by atoms with Crippen molar-refractivity contribution in [2.24, 2.45) is 17.8 Å². The lowest BCUT2D eigenvalue weighted by atomic mass is 9.79. The maximum Gasteiger partial charge on any atom is 0.109 e. The fraction of sp³-hybridized carbons (Fsp3) is 0.625. The highest BCUT2D eigenvalue weighted by Crippen LogP contribution is 2.47. The van der Waals surface area contributed by atoms with E-state index in [-0.39, 0.29) is 0 Å². The Bertz CT molecular complexity index is 856. The number of hydrogen-bond acceptors (Lipinski definition) is 2. The molecule has 0 saturated heterocycles. The average Bonchev–Trinajstić information content (AvgIpc) is 2.80. The summed E-state index contributed by atoms with van der Waals surface area (Å²) < 4.78 is 2.47. The lowest BCUT2D eigenvalue weighted by Gasteiger charge is -2.39. The van der Waals surface area contributed by atoms with Crippen LogP contribution in [-0.4, -0.2) is 27.0 Å². The number of para-hydroxylation sites is 1. The molecule has 2 bridgehead atoms. The predicted octanol–water partition coefficient (Wildman–Crippen LogP) is 5.49. The lowest BCUT2D eigenvalue weighted by molar-refractivity contribution is 0.181. The standard InChI is InChI=1S/C24H33N3/c1-4-17-15-22(19-11-9-18(17)10-12-19)26-13-14-27-23(5-2)25-21-8-6-7-20(16(26)3)24(21)27/h6-8,17-19,22H,3-5,9-15H2,1-2H3. The Morgan fingerprint density at radius 3 is 2.59 bits per heavy atom. The average molecular weight is 364 g/mol. The molecule has 0 amide bonds. The van der Waals surface area contributed by atoms with Crippen LogP contribution in [0.3, 0.4) is 0 Å². The second-order valence-corrected chi connectivity index (χ2v) is 8.99. The Labute approximate surface area is 163 Å². The zero-order valence-electron chi connectivity index (χ0n) is 17.0. The van der Waals surface area contributed by atoms with Crippen LogP contribution in [0.15, 0.2) is 24.8 Å². The molecule has 144 valence electrons. The molecule has 4 aliphatic rings. The number of aromatic nitrogens is 2. The lowest BCUT2D eigenvalue weighted by Crippen LogP contribution is -2.40. The Kier molecular flexibility index (Phi) is 4.29. The molecule has 27 heavy (non-hydrogen) atoms. The second kappa shape index (κ2) is 6.68. The van der Waals surface area contributed by atoms with Gasteiger partial charge in [0, 0.05) is 36.8 Å². The van der Waals surface area contributed by atoms with Gasteiger partial charge in [0.25, 0.3) is 0 Å². The first-order chi connectivity index (χ1) is 13.2. The highest BCUT2D eigenvalue weighted by Gasteiger charge is 2.40. The van der Waals surface area contributed by atoms with Crippen LogP contribution in [0.25, 0.3) is 16.7 Å². The molecular weight excluding hydrogens is 330 g/mol. The number of benzene rings is 1. The summed E-state index contributed by atoms with van der Waals surface area (Å²) in [5.74, 6) is 3.96. The van der Waals surface area contributed by atoms with E-state index in [9.17, 15) is 0 Å². The molecule has 2 heterocycles. The van der Waals surface area contributed by atoms with Gasteiger partial charge in [-0.1, -0.05) is 39.0 Å². The van der Waals surface area contributed by atoms with E-state index in [0.717, 1.165) is 42.8 Å². The number of nitrogens with zero attached hydrogens (tertiary/aromatic N) is 3. The molecule has 2 atom stereocenters. The first-order valence-electron chi connectivity index (χ1n) is 11.1. The van der Waals surface area contributed by atoms with Crippen molar-refractivity contribution in [1.82, 2.24) is 14.5 Å². The summed E-state index contributed by atoms with van der Waals surface area (Å²) in [7, 11) is 0. The van der Waals surface area contributed by atoms with Gasteiger partial charge in [-0.15, -0.1) is 0 Å². The molecule has 1 aromatic heterocycles. The maximum atomic E-state index is 4.90. The zero-order chi connectivity index (χ0) is 18.5. The topological polar surface area (TPSA) is 21.1 Å². The van der Waals surface area contributed by atoms with Gasteiger partial charge in [-0.05, 0) is 55.9 Å². The van der Waals surface area contributed by atoms with E-state index >= 15 is 0 Å². The van der Waals surface area contributed by atoms with Crippen LogP contribution in [-0.2, 0) is 13.0 Å². The smallest absolute Gasteiger partial charge is 0.109 e. The van der Waals surface area contributed by atoms with Gasteiger partial charge in [0.05, 0.1) is 11.0 Å². The molecule has 3 heteroatoms. The Hall–Kier alpha value is -1.77. The number of fused-ring (bicyclic) bond motifs is 4. The summed E-state index contributed by atoms with van der Waals surface area (Å²) in [5, 5.41) is 0. The third-order valence-electron chi connectivity index (χ3n) is 7.88. The van der Waals surface area contributed by atoms with Crippen LogP contribution in [0.2, 0.25) is 0 Å². The molecule has 0 N–H and O–H groups in total. The van der Waals surface area contributed by atoms with Gasteiger partial charge < -0.3 is 9.47 Å². The third-order valence-corrected chi connectivity index (χ3v) is 7.88. The summed E-state index contributed by atoms with van der Waals surface area (Å²) in [4.78, 5) is 7.61. The Balaban J connectivity index is 1.55. The van der Waals surface area contributed by atoms with E-state index in [0.29, 0.717) is 6.04 Å². The first kappa shape index (κ1) is 17.3. The molecule has 3 saturated carbocycles. The van der Waals surface area contributed by atoms with E-state index in [1.54, 1.807) is 0 Å². The van der Waals surface area contributed by atoms with Gasteiger partial charge in [-0.3, -0.25) is 0 Å². The predicted molar refractivity (Wildman–Crippen MR) is 112 cm³/mol. The maximum absolute atomic E-state index is 4.90. The summed E-state index contributed by atoms with van der Waals surface area (Å²) in [6, 6.07) is 7.27. The van der Waals surface area contributed by atoms with Gasteiger partial charge in [0.2, 0.25) is 0 Å². The third kappa shape index (κ3) is 2.65. The largest absolute Gasteiger partial charge is 0.366 e. The fourth-order valence-electron chi connectivity index (χ4n) is 6.42. The van der Waals surface area contributed by atoms with Crippen molar-refractivity contribution in [3.63, 3.8) is 0 Å². The van der Waals surface area contributed by atoms with Crippen molar-refractivity contribution in [2.75, 3.05) is 6.54 Å². The quantitative estimate of drug-likeness (QED) is 0.719. The highest BCUT2D eigenvalue weighted by molar-refractivity contribution is 5.89. The van der Waals surface area contributed by atoms with Crippen molar-refractivity contribution >= 4 is 16.7 Å². The molecule has 1 aromatic carbocycles. The van der Waals surface area contributed by atoms with Crippen LogP contribution in [0.1, 0.15) is 63.8 Å². The van der Waals surface area contributed by atoms with E-state index in [1.807, 2.05) is 0 Å². The van der Waals surface area contributed by atoms with E-state index in [1.165, 1.54) is 61.1 Å². The number of imidazole rings is 1. The molecule has 0 radical (unpaired) electrons. The van der Waals surface area contributed by atoms with Crippen LogP contribution in [0.5, 0.6) is 0 Å². The Morgan fingerprint density at radius 2 is 1.85 bits per heavy atom. The molecule has 2 aromatic rings. The van der Waals surface area contributed by atoms with Crippen LogP contribution in [0, 0.1) is 17.8 Å². The summed E-state index contributed by atoms with van der Waals surface area (Å²) in [5.41, 5.74) is 5.00. The summed E-state index contributed by atoms with van der Waals surface area (Å²) in [6.45, 7) is 11.4. The normalized spacial score (nSPS) is 30.6. The molecule has 1 aliphatic heterocycles. The van der Waals surface area contributed by atoms with Crippen LogP contribution >= 0.6 is 0 Å². The first-order valence-corrected chi connectivity index (χ1v) is 11.1. The second-order valence-electron chi connectivity index (χ2n) is 8.99. The summed E-state index contributed by atoms with van der Waals surface area (Å²) >= 11 is 0. The van der Waals surface area contributed by atoms with E-state index in [2.05, 4.69) is 48.1 Å². The minimum Gasteiger partial charge on any atom is -0.366 e. The van der Waals surface area contributed by atoms with Crippen LogP contribution < -0.4 is 0 Å². The molecule has 6 rings (SSSR count). The molecule has 3 fully saturated rings. The van der Waals surface area contributed by atoms with Gasteiger partial charge in [-0.2, -0.15) is 0 Å². The van der Waals surface area contributed by atoms with E-state index in [4.69, 9.17) is 4.98 Å². The van der Waals surface area contributed by atoms with Crippen molar-refractivity contribution in [1.29, 1.82) is 0 Å². The number of rotatable bonds is 3. The summed E-state index contributed by atoms with van der Waals surface area (Å²) in [6.07, 6.45) is 9.47. The number of aryl methyl sites for hydroxylation is 1. The molecular formula is C24H33N3. The van der Waals surface area contributed by atoms with Crippen molar-refractivity contribution < 1.29 is 0 Å². The van der Waals surface area contributed by atoms with Gasteiger partial charge >= 0.3 is 0 Å². The van der Waals surface area contributed by atoms with Gasteiger partial charge in [-0.25, -0.2) is 4.98 Å². The Morgan fingerprint density at radius 1 is 1.07 bits per heavy atom. The van der Waals surface area contributed by atoms with Gasteiger partial charge in [0.1, 0.15) is 5.82 Å². The minimum absolute atomic E-state index is 0.674. The monoisotopic (exact) mass is 363 g/mol. The molecule has 0 spiro atoms. The molecule has 3 aliphatic carbocycles. The van der Waals surface area contributed by atoms with Crippen molar-refractivity contribution in [2.45, 2.75) is 71.4 Å². The van der Waals surface area contributed by atoms with Crippen molar-refractivity contribution in [3.05, 3.63) is 36.2 Å². The molecule has 3 nitrogen and oxygen atoms in total. The fourth-order valence-corrected chi connectivity index (χ4v) is 6.42. The SMILES string of the molecule is C=C1c2cccc3nc(CC)n(c23)CCN1C1CC(CC)C2CCC1CC2. The minimum atomic E-state index is 0.674. The van der Waals surface area contributed by atoms with E-state index < -0.39 is 0 Å².